The molecule has 0 spiro atoms. The Morgan fingerprint density at radius 3 is 2.20 bits per heavy atom. The van der Waals surface area contributed by atoms with Crippen molar-refractivity contribution in [2.24, 2.45) is 0 Å². The Hall–Kier alpha value is -5.40. The monoisotopic (exact) mass is 531 g/mol. The molecule has 8 aromatic carbocycles. The Kier molecular flexibility index (Phi) is 2.98. The summed E-state index contributed by atoms with van der Waals surface area (Å²) in [4.78, 5) is 0. The van der Waals surface area contributed by atoms with Crippen LogP contribution >= 0.6 is 0 Å². The van der Waals surface area contributed by atoms with E-state index < -0.39 is 66.5 Å². The van der Waals surface area contributed by atoms with Crippen LogP contribution in [0.25, 0.3) is 87.3 Å². The van der Waals surface area contributed by atoms with Crippen LogP contribution in [0, 0.1) is 0 Å². The first-order chi connectivity index (χ1) is 24.9. The van der Waals surface area contributed by atoms with Gasteiger partial charge in [-0.05, 0) is 95.7 Å². The summed E-state index contributed by atoms with van der Waals surface area (Å²) in [5.41, 5.74) is 3.68. The molecule has 190 valence electrons. The van der Waals surface area contributed by atoms with E-state index in [0.717, 1.165) is 21.9 Å². The molecule has 0 bridgehead atoms. The lowest BCUT2D eigenvalue weighted by molar-refractivity contribution is 0.669. The summed E-state index contributed by atoms with van der Waals surface area (Å²) in [5.74, 6) is 0. The molecule has 0 atom stereocenters. The van der Waals surface area contributed by atoms with Crippen molar-refractivity contribution in [3.63, 3.8) is 0 Å². The Morgan fingerprint density at radius 2 is 1.29 bits per heavy atom. The number of rotatable bonds is 2. The van der Waals surface area contributed by atoms with E-state index in [2.05, 4.69) is 6.07 Å². The number of hydrogen-bond acceptors (Lipinski definition) is 1. The molecule has 1 heterocycles. The van der Waals surface area contributed by atoms with Crippen LogP contribution in [0.4, 0.5) is 0 Å². The molecule has 9 aromatic rings. The van der Waals surface area contributed by atoms with E-state index in [1.54, 1.807) is 18.2 Å². The smallest absolute Gasteiger partial charge is 0.136 e. The van der Waals surface area contributed by atoms with Gasteiger partial charge in [-0.2, -0.15) is 0 Å². The second-order valence-electron chi connectivity index (χ2n) is 10.1. The highest BCUT2D eigenvalue weighted by Gasteiger charge is 2.18. The average molecular weight is 532 g/mol. The summed E-state index contributed by atoms with van der Waals surface area (Å²) in [6.45, 7) is 0. The second kappa shape index (κ2) is 8.55. The molecule has 0 N–H and O–H groups in total. The summed E-state index contributed by atoms with van der Waals surface area (Å²) in [6, 6.07) is 19.7. The first-order valence-electron chi connectivity index (χ1n) is 18.7. The molecule has 0 aliphatic heterocycles. The van der Waals surface area contributed by atoms with Crippen molar-refractivity contribution in [3.05, 3.63) is 145 Å². The third-order valence-corrected chi connectivity index (χ3v) is 7.77. The van der Waals surface area contributed by atoms with Gasteiger partial charge in [0.05, 0.1) is 15.1 Å². The zero-order chi connectivity index (χ0) is 36.5. The fourth-order valence-corrected chi connectivity index (χ4v) is 5.92. The van der Waals surface area contributed by atoms with Gasteiger partial charge in [0.1, 0.15) is 11.2 Å². The summed E-state index contributed by atoms with van der Waals surface area (Å²) in [6.07, 6.45) is 0. The van der Waals surface area contributed by atoms with Crippen molar-refractivity contribution in [2.75, 3.05) is 0 Å². The number of fused-ring (bicyclic) bond motifs is 8. The molecule has 0 amide bonds. The van der Waals surface area contributed by atoms with Crippen LogP contribution in [0.1, 0.15) is 15.1 Å². The van der Waals surface area contributed by atoms with Crippen LogP contribution in [0.2, 0.25) is 0 Å². The minimum Gasteiger partial charge on any atom is -0.456 e. The maximum atomic E-state index is 9.41. The van der Waals surface area contributed by atoms with E-state index in [9.17, 15) is 2.74 Å². The molecule has 0 unspecified atom stereocenters. The zero-order valence-corrected chi connectivity index (χ0v) is 21.4. The molecule has 0 radical (unpaired) electrons. The molecule has 1 nitrogen and oxygen atoms in total. The average Bonchev–Trinajstić information content (AvgIpc) is 3.52. The van der Waals surface area contributed by atoms with Crippen LogP contribution in [0.15, 0.2) is 150 Å². The lowest BCUT2D eigenvalue weighted by Gasteiger charge is -2.15. The van der Waals surface area contributed by atoms with Gasteiger partial charge in [-0.15, -0.1) is 0 Å². The Bertz CT molecular complexity index is 3080. The van der Waals surface area contributed by atoms with Crippen LogP contribution in [0.5, 0.6) is 0 Å². The third kappa shape index (κ3) is 3.36. The first kappa shape index (κ1) is 14.3. The summed E-state index contributed by atoms with van der Waals surface area (Å²) >= 11 is 0. The van der Waals surface area contributed by atoms with Crippen LogP contribution in [-0.4, -0.2) is 0 Å². The maximum absolute atomic E-state index is 9.41. The minimum absolute atomic E-state index is 0.0276. The summed E-state index contributed by atoms with van der Waals surface area (Å²) in [7, 11) is 0. The molecule has 41 heavy (non-hydrogen) atoms. The number of hydrogen-bond donors (Lipinski definition) is 0. The minimum atomic E-state index is -0.586. The predicted molar refractivity (Wildman–Crippen MR) is 175 cm³/mol. The molecule has 9 rings (SSSR count). The van der Waals surface area contributed by atoms with Crippen molar-refractivity contribution < 1.29 is 19.5 Å². The van der Waals surface area contributed by atoms with Crippen molar-refractivity contribution in [2.45, 2.75) is 0 Å². The van der Waals surface area contributed by atoms with E-state index in [-0.39, 0.29) is 37.9 Å². The SMILES string of the molecule is [2H]c1c([2H])c([2H])c2c([2H])c3c(c([2H])c([2H])c4c([2H])c([2H])c([2H])c([2H])c43)c(-c3cccc4oc5cc6cc(-c7ccccc7)ccc6cc5c34)c2c1[2H]. The predicted octanol–water partition coefficient (Wildman–Crippen LogP) is 11.5. The number of benzene rings is 8. The molecule has 0 fully saturated rings. The van der Waals surface area contributed by atoms with Crippen molar-refractivity contribution >= 4 is 65.0 Å². The highest BCUT2D eigenvalue weighted by Crippen LogP contribution is 2.45. The molecule has 0 aliphatic rings. The summed E-state index contributed by atoms with van der Waals surface area (Å²) in [5, 5.41) is 2.41. The zero-order valence-electron chi connectivity index (χ0n) is 32.4. The van der Waals surface area contributed by atoms with Crippen LogP contribution in [0.3, 0.4) is 0 Å². The fourth-order valence-electron chi connectivity index (χ4n) is 5.92. The Balaban J connectivity index is 1.50. The van der Waals surface area contributed by atoms with Gasteiger partial charge in [0.25, 0.3) is 0 Å². The standard InChI is InChI=1S/C40H24O/c1-2-9-25(10-3-1)27-17-18-28-22-36-38(24-30(28)21-27)41-37-16-8-15-34(40(36)37)39-32-14-7-5-12-29(32)23-35-31-13-6-4-11-26(31)19-20-33(35)39/h1-24H/i4D,5D,6D,7D,11D,12D,13D,14D,19D,20D,23D. The fraction of sp³-hybridized carbons (Fsp3) is 0. The van der Waals surface area contributed by atoms with Crippen LogP contribution in [-0.2, 0) is 0 Å². The Morgan fingerprint density at radius 1 is 0.463 bits per heavy atom. The van der Waals surface area contributed by atoms with E-state index in [1.807, 2.05) is 54.6 Å². The number of furan rings is 1. The van der Waals surface area contributed by atoms with Gasteiger partial charge in [-0.25, -0.2) is 0 Å². The normalized spacial score (nSPS) is 15.7. The highest BCUT2D eigenvalue weighted by atomic mass is 16.3. The van der Waals surface area contributed by atoms with E-state index in [4.69, 9.17) is 16.8 Å². The molecule has 1 aromatic heterocycles. The molecule has 1 heteroatoms. The van der Waals surface area contributed by atoms with Gasteiger partial charge in [0.15, 0.2) is 0 Å². The molecular formula is C40H24O. The first-order valence-corrected chi connectivity index (χ1v) is 13.2. The van der Waals surface area contributed by atoms with Gasteiger partial charge in [-0.3, -0.25) is 0 Å². The molecule has 0 saturated heterocycles. The lowest BCUT2D eigenvalue weighted by Crippen LogP contribution is -1.88. The van der Waals surface area contributed by atoms with Crippen molar-refractivity contribution in [3.8, 4) is 22.3 Å². The van der Waals surface area contributed by atoms with Crippen molar-refractivity contribution in [1.29, 1.82) is 0 Å². The second-order valence-corrected chi connectivity index (χ2v) is 10.1. The van der Waals surface area contributed by atoms with E-state index >= 15 is 0 Å². The topological polar surface area (TPSA) is 13.1 Å². The molecule has 0 aliphatic carbocycles. The van der Waals surface area contributed by atoms with Gasteiger partial charge >= 0.3 is 0 Å². The van der Waals surface area contributed by atoms with E-state index in [0.29, 0.717) is 27.5 Å². The largest absolute Gasteiger partial charge is 0.456 e. The molecular weight excluding hydrogens is 496 g/mol. The maximum Gasteiger partial charge on any atom is 0.136 e. The van der Waals surface area contributed by atoms with Crippen LogP contribution < -0.4 is 0 Å². The van der Waals surface area contributed by atoms with Gasteiger partial charge < -0.3 is 4.42 Å². The van der Waals surface area contributed by atoms with Crippen molar-refractivity contribution in [1.82, 2.24) is 0 Å². The quantitative estimate of drug-likeness (QED) is 0.160. The lowest BCUT2D eigenvalue weighted by atomic mass is 9.88. The third-order valence-electron chi connectivity index (χ3n) is 7.77. The Labute approximate surface area is 252 Å². The summed E-state index contributed by atoms with van der Waals surface area (Å²) < 4.78 is 104. The van der Waals surface area contributed by atoms with Gasteiger partial charge in [-0.1, -0.05) is 115 Å². The van der Waals surface area contributed by atoms with E-state index in [1.165, 1.54) is 0 Å². The van der Waals surface area contributed by atoms with Gasteiger partial charge in [0, 0.05) is 10.8 Å². The molecule has 0 saturated carbocycles. The highest BCUT2D eigenvalue weighted by molar-refractivity contribution is 6.25. The van der Waals surface area contributed by atoms with Gasteiger partial charge in [0.2, 0.25) is 0 Å².